The minimum absolute atomic E-state index is 0.116. The first-order valence-corrected chi connectivity index (χ1v) is 5.11. The highest BCUT2D eigenvalue weighted by Crippen LogP contribution is 2.23. The number of halogens is 1. The normalized spacial score (nSPS) is 10.9. The lowest BCUT2D eigenvalue weighted by molar-refractivity contribution is 0.638. The smallest absolute Gasteiger partial charge is 0.238 e. The number of hydrogen-bond donors (Lipinski definition) is 1. The zero-order chi connectivity index (χ0) is 11.8. The van der Waals surface area contributed by atoms with Gasteiger partial charge < -0.3 is 5.73 Å². The molecule has 17 heavy (non-hydrogen) atoms. The third-order valence-electron chi connectivity index (χ3n) is 2.56. The van der Waals surface area contributed by atoms with Crippen molar-refractivity contribution in [1.82, 2.24) is 14.6 Å². The lowest BCUT2D eigenvalue weighted by Gasteiger charge is -2.01. The molecule has 0 bridgehead atoms. The second-order valence-electron chi connectivity index (χ2n) is 3.66. The Balaban J connectivity index is 2.34. The summed E-state index contributed by atoms with van der Waals surface area (Å²) in [7, 11) is 0. The van der Waals surface area contributed by atoms with Crippen LogP contribution in [0, 0.1) is 5.82 Å². The van der Waals surface area contributed by atoms with Crippen LogP contribution >= 0.6 is 0 Å². The maximum Gasteiger partial charge on any atom is 0.238 e. The van der Waals surface area contributed by atoms with E-state index in [0.717, 1.165) is 5.56 Å². The number of fused-ring (bicyclic) bond motifs is 1. The van der Waals surface area contributed by atoms with Crippen molar-refractivity contribution >= 4 is 11.5 Å². The number of benzene rings is 1. The first kappa shape index (κ1) is 9.77. The molecule has 2 aromatic heterocycles. The van der Waals surface area contributed by atoms with Gasteiger partial charge in [-0.2, -0.15) is 0 Å². The second kappa shape index (κ2) is 3.55. The van der Waals surface area contributed by atoms with Gasteiger partial charge in [-0.3, -0.25) is 0 Å². The van der Waals surface area contributed by atoms with Crippen molar-refractivity contribution in [2.24, 2.45) is 0 Å². The van der Waals surface area contributed by atoms with Crippen molar-refractivity contribution in [1.29, 1.82) is 0 Å². The lowest BCUT2D eigenvalue weighted by Crippen LogP contribution is -2.01. The number of hydrogen-bond acceptors (Lipinski definition) is 3. The van der Waals surface area contributed by atoms with E-state index in [0.29, 0.717) is 11.2 Å². The molecule has 2 N–H and O–H groups in total. The minimum Gasteiger partial charge on any atom is -0.367 e. The minimum atomic E-state index is -0.358. The van der Waals surface area contributed by atoms with Crippen LogP contribution < -0.4 is 5.73 Å². The molecule has 3 aromatic rings. The van der Waals surface area contributed by atoms with Gasteiger partial charge in [-0.25, -0.2) is 13.9 Å². The van der Waals surface area contributed by atoms with E-state index in [1.165, 1.54) is 16.8 Å². The number of anilines is 1. The van der Waals surface area contributed by atoms with Gasteiger partial charge >= 0.3 is 0 Å². The molecule has 0 radical (unpaired) electrons. The zero-order valence-corrected chi connectivity index (χ0v) is 8.84. The molecule has 0 saturated heterocycles. The predicted molar refractivity (Wildman–Crippen MR) is 62.8 cm³/mol. The van der Waals surface area contributed by atoms with Crippen LogP contribution in [-0.2, 0) is 0 Å². The molecule has 3 rings (SSSR count). The standard InChI is InChI=1S/C12H9FN4/c13-9-6-10(8-4-2-1-3-5-8)17-11(9)7-15-12(14)16-17/h1-7H,(H2,14,16). The first-order valence-electron chi connectivity index (χ1n) is 5.11. The van der Waals surface area contributed by atoms with E-state index < -0.39 is 0 Å². The van der Waals surface area contributed by atoms with Crippen LogP contribution in [-0.4, -0.2) is 14.6 Å². The van der Waals surface area contributed by atoms with Crippen LogP contribution in [0.4, 0.5) is 10.3 Å². The van der Waals surface area contributed by atoms with Crippen LogP contribution in [0.15, 0.2) is 42.6 Å². The van der Waals surface area contributed by atoms with Crippen LogP contribution in [0.25, 0.3) is 16.8 Å². The van der Waals surface area contributed by atoms with Crippen molar-refractivity contribution in [3.05, 3.63) is 48.4 Å². The molecular formula is C12H9FN4. The van der Waals surface area contributed by atoms with Crippen molar-refractivity contribution in [3.8, 4) is 11.3 Å². The van der Waals surface area contributed by atoms with Crippen LogP contribution in [0.5, 0.6) is 0 Å². The highest BCUT2D eigenvalue weighted by molar-refractivity contribution is 5.66. The SMILES string of the molecule is Nc1ncc2c(F)cc(-c3ccccc3)n2n1. The molecule has 1 aromatic carbocycles. The molecule has 0 atom stereocenters. The number of aromatic nitrogens is 3. The monoisotopic (exact) mass is 228 g/mol. The Hall–Kier alpha value is -2.43. The van der Waals surface area contributed by atoms with Gasteiger partial charge in [0.2, 0.25) is 5.95 Å². The van der Waals surface area contributed by atoms with Crippen molar-refractivity contribution in [2.75, 3.05) is 5.73 Å². The molecule has 0 unspecified atom stereocenters. The number of nitrogens with zero attached hydrogens (tertiary/aromatic N) is 3. The Morgan fingerprint density at radius 3 is 2.71 bits per heavy atom. The average molecular weight is 228 g/mol. The van der Waals surface area contributed by atoms with E-state index in [4.69, 9.17) is 5.73 Å². The fourth-order valence-electron chi connectivity index (χ4n) is 1.78. The van der Waals surface area contributed by atoms with Gasteiger partial charge in [0.15, 0.2) is 5.82 Å². The maximum absolute atomic E-state index is 13.7. The maximum atomic E-state index is 13.7. The van der Waals surface area contributed by atoms with Crippen LogP contribution in [0.1, 0.15) is 0 Å². The molecule has 0 aliphatic rings. The summed E-state index contributed by atoms with van der Waals surface area (Å²) in [6.07, 6.45) is 1.38. The Morgan fingerprint density at radius 2 is 1.94 bits per heavy atom. The van der Waals surface area contributed by atoms with E-state index in [1.54, 1.807) is 0 Å². The van der Waals surface area contributed by atoms with Crippen LogP contribution in [0.2, 0.25) is 0 Å². The molecular weight excluding hydrogens is 219 g/mol. The van der Waals surface area contributed by atoms with Crippen LogP contribution in [0.3, 0.4) is 0 Å². The summed E-state index contributed by atoms with van der Waals surface area (Å²) in [6.45, 7) is 0. The summed E-state index contributed by atoms with van der Waals surface area (Å²) in [5, 5.41) is 4.02. The van der Waals surface area contributed by atoms with E-state index in [1.807, 2.05) is 30.3 Å². The van der Waals surface area contributed by atoms with Gasteiger partial charge in [0.05, 0.1) is 11.9 Å². The summed E-state index contributed by atoms with van der Waals surface area (Å²) in [6, 6.07) is 10.9. The van der Waals surface area contributed by atoms with Gasteiger partial charge in [0.25, 0.3) is 0 Å². The summed E-state index contributed by atoms with van der Waals surface area (Å²) in [5.41, 5.74) is 7.37. The zero-order valence-electron chi connectivity index (χ0n) is 8.84. The Kier molecular flexibility index (Phi) is 2.04. The molecule has 0 aliphatic heterocycles. The topological polar surface area (TPSA) is 56.2 Å². The largest absolute Gasteiger partial charge is 0.367 e. The highest BCUT2D eigenvalue weighted by Gasteiger charge is 2.11. The molecule has 0 fully saturated rings. The molecule has 5 heteroatoms. The van der Waals surface area contributed by atoms with Gasteiger partial charge in [-0.1, -0.05) is 30.3 Å². The Bertz CT molecular complexity index is 676. The average Bonchev–Trinajstić information content (AvgIpc) is 2.67. The molecule has 4 nitrogen and oxygen atoms in total. The van der Waals surface area contributed by atoms with Gasteiger partial charge in [-0.05, 0) is 0 Å². The second-order valence-corrected chi connectivity index (χ2v) is 3.66. The van der Waals surface area contributed by atoms with Gasteiger partial charge in [-0.15, -0.1) is 5.10 Å². The van der Waals surface area contributed by atoms with E-state index >= 15 is 0 Å². The van der Waals surface area contributed by atoms with Gasteiger partial charge in [0.1, 0.15) is 5.52 Å². The molecule has 0 saturated carbocycles. The predicted octanol–water partition coefficient (Wildman–Crippen LogP) is 2.12. The Morgan fingerprint density at radius 1 is 1.18 bits per heavy atom. The molecule has 0 amide bonds. The highest BCUT2D eigenvalue weighted by atomic mass is 19.1. The number of nitrogen functional groups attached to an aromatic ring is 1. The number of rotatable bonds is 1. The van der Waals surface area contributed by atoms with Crippen molar-refractivity contribution in [3.63, 3.8) is 0 Å². The van der Waals surface area contributed by atoms with Crippen molar-refractivity contribution < 1.29 is 4.39 Å². The lowest BCUT2D eigenvalue weighted by atomic mass is 10.2. The quantitative estimate of drug-likeness (QED) is 0.694. The van der Waals surface area contributed by atoms with Crippen molar-refractivity contribution in [2.45, 2.75) is 0 Å². The third kappa shape index (κ3) is 1.52. The summed E-state index contributed by atoms with van der Waals surface area (Å²) < 4.78 is 15.1. The summed E-state index contributed by atoms with van der Waals surface area (Å²) in [4.78, 5) is 3.78. The molecule has 2 heterocycles. The molecule has 0 aliphatic carbocycles. The summed E-state index contributed by atoms with van der Waals surface area (Å²) >= 11 is 0. The number of nitrogens with two attached hydrogens (primary N) is 1. The molecule has 0 spiro atoms. The molecule has 84 valence electrons. The first-order chi connectivity index (χ1) is 8.25. The van der Waals surface area contributed by atoms with E-state index in [2.05, 4.69) is 10.1 Å². The van der Waals surface area contributed by atoms with E-state index in [-0.39, 0.29) is 11.8 Å². The van der Waals surface area contributed by atoms with E-state index in [9.17, 15) is 4.39 Å². The fraction of sp³-hybridized carbons (Fsp3) is 0. The van der Waals surface area contributed by atoms with Gasteiger partial charge in [0, 0.05) is 11.6 Å². The third-order valence-corrected chi connectivity index (χ3v) is 2.56. The Labute approximate surface area is 96.5 Å². The summed E-state index contributed by atoms with van der Waals surface area (Å²) in [5.74, 6) is -0.242. The fourth-order valence-corrected chi connectivity index (χ4v) is 1.78.